The van der Waals surface area contributed by atoms with E-state index in [9.17, 15) is 4.79 Å². The van der Waals surface area contributed by atoms with Gasteiger partial charge in [0.2, 0.25) is 0 Å². The monoisotopic (exact) mass is 198 g/mol. The molecule has 60 valence electrons. The molecule has 1 aromatic heterocycles. The molecule has 3 nitrogen and oxygen atoms in total. The van der Waals surface area contributed by atoms with Gasteiger partial charge in [0.05, 0.1) is 11.1 Å². The zero-order valence-electron chi connectivity index (χ0n) is 5.80. The van der Waals surface area contributed by atoms with E-state index in [-0.39, 0.29) is 10.2 Å². The second-order valence-electron chi connectivity index (χ2n) is 2.02. The van der Waals surface area contributed by atoms with Crippen molar-refractivity contribution in [1.29, 1.82) is 5.26 Å². The first kappa shape index (κ1) is 8.91. The summed E-state index contributed by atoms with van der Waals surface area (Å²) in [5, 5.41) is 7.82. The number of hydrogen-bond donors (Lipinski definition) is 1. The Bertz CT molecular complexity index is 418. The fraction of sp³-hybridized carbons (Fsp3) is 0. The van der Waals surface area contributed by atoms with E-state index in [2.05, 4.69) is 4.98 Å². The zero-order valence-corrected chi connectivity index (χ0v) is 7.37. The van der Waals surface area contributed by atoms with Crippen molar-refractivity contribution in [3.63, 3.8) is 0 Å². The van der Waals surface area contributed by atoms with Crippen LogP contribution in [0.3, 0.4) is 0 Å². The Kier molecular flexibility index (Phi) is 2.58. The molecular weight excluding hydrogens is 196 g/mol. The summed E-state index contributed by atoms with van der Waals surface area (Å²) in [5.74, 6) is 0. The number of H-pyrrole nitrogens is 1. The molecule has 1 aromatic rings. The summed E-state index contributed by atoms with van der Waals surface area (Å²) in [7, 11) is 0. The normalized spacial score (nSPS) is 9.00. The van der Waals surface area contributed by atoms with Crippen molar-refractivity contribution in [1.82, 2.24) is 4.98 Å². The molecule has 0 spiro atoms. The van der Waals surface area contributed by atoms with Crippen molar-refractivity contribution in [2.24, 2.45) is 0 Å². The third kappa shape index (κ3) is 1.70. The van der Waals surface area contributed by atoms with Crippen molar-refractivity contribution >= 4 is 29.1 Å². The highest BCUT2D eigenvalue weighted by molar-refractivity contribution is 7.71. The number of aromatic amines is 1. The third-order valence-corrected chi connectivity index (χ3v) is 1.79. The number of halogens is 1. The minimum absolute atomic E-state index is 0.158. The zero-order chi connectivity index (χ0) is 9.14. The number of pyridine rings is 1. The Balaban J connectivity index is 3.39. The van der Waals surface area contributed by atoms with Crippen LogP contribution in [0.25, 0.3) is 0 Å². The van der Waals surface area contributed by atoms with E-state index in [0.29, 0.717) is 5.56 Å². The first-order valence-electron chi connectivity index (χ1n) is 2.98. The maximum absolute atomic E-state index is 10.7. The molecule has 0 saturated carbocycles. The number of aromatic nitrogens is 1. The molecule has 0 aliphatic rings. The minimum Gasteiger partial charge on any atom is -0.351 e. The van der Waals surface area contributed by atoms with Crippen LogP contribution in [-0.4, -0.2) is 10.2 Å². The number of nitrogens with one attached hydrogen (secondary N) is 1. The fourth-order valence-electron chi connectivity index (χ4n) is 0.694. The third-order valence-electron chi connectivity index (χ3n) is 1.24. The van der Waals surface area contributed by atoms with Crippen LogP contribution in [0, 0.1) is 16.0 Å². The van der Waals surface area contributed by atoms with Gasteiger partial charge in [0.15, 0.2) is 0 Å². The molecule has 1 rings (SSSR count). The van der Waals surface area contributed by atoms with Gasteiger partial charge >= 0.3 is 0 Å². The van der Waals surface area contributed by atoms with Gasteiger partial charge in [0.25, 0.3) is 5.24 Å². The molecule has 0 aliphatic carbocycles. The summed E-state index contributed by atoms with van der Waals surface area (Å²) >= 11 is 9.97. The highest BCUT2D eigenvalue weighted by Gasteiger charge is 2.04. The molecule has 0 aliphatic heterocycles. The quantitative estimate of drug-likeness (QED) is 0.555. The Labute approximate surface area is 78.6 Å². The summed E-state index contributed by atoms with van der Waals surface area (Å²) < 4.78 is 0.244. The number of nitrogens with zero attached hydrogens (tertiary/aromatic N) is 1. The van der Waals surface area contributed by atoms with Crippen molar-refractivity contribution < 1.29 is 4.79 Å². The lowest BCUT2D eigenvalue weighted by atomic mass is 10.2. The topological polar surface area (TPSA) is 56.6 Å². The Morgan fingerprint density at radius 1 is 1.75 bits per heavy atom. The second kappa shape index (κ2) is 3.48. The largest absolute Gasteiger partial charge is 0.351 e. The SMILES string of the molecule is N#Cc1c[nH]c(=S)c(C(=O)Cl)c1. The van der Waals surface area contributed by atoms with Gasteiger partial charge in [-0.3, -0.25) is 4.79 Å². The van der Waals surface area contributed by atoms with E-state index >= 15 is 0 Å². The summed E-state index contributed by atoms with van der Waals surface area (Å²) in [5.41, 5.74) is 0.485. The fourth-order valence-corrected chi connectivity index (χ4v) is 1.11. The minimum atomic E-state index is -0.659. The van der Waals surface area contributed by atoms with Crippen molar-refractivity contribution in [3.05, 3.63) is 28.0 Å². The number of hydrogen-bond acceptors (Lipinski definition) is 3. The summed E-state index contributed by atoms with van der Waals surface area (Å²) in [6.07, 6.45) is 1.42. The standard InChI is InChI=1S/C7H3ClN2OS/c8-6(11)5-1-4(2-9)3-10-7(5)12/h1,3H,(H,10,12). The lowest BCUT2D eigenvalue weighted by Crippen LogP contribution is -1.93. The van der Waals surface area contributed by atoms with E-state index < -0.39 is 5.24 Å². The highest BCUT2D eigenvalue weighted by Crippen LogP contribution is 2.06. The van der Waals surface area contributed by atoms with Crippen LogP contribution in [0.1, 0.15) is 15.9 Å². The van der Waals surface area contributed by atoms with Crippen LogP contribution in [0.15, 0.2) is 12.3 Å². The lowest BCUT2D eigenvalue weighted by Gasteiger charge is -1.93. The predicted molar refractivity (Wildman–Crippen MR) is 46.5 cm³/mol. The molecule has 0 atom stereocenters. The van der Waals surface area contributed by atoms with E-state index in [1.54, 1.807) is 0 Å². The van der Waals surface area contributed by atoms with Crippen LogP contribution >= 0.6 is 23.8 Å². The first-order valence-corrected chi connectivity index (χ1v) is 3.76. The van der Waals surface area contributed by atoms with Crippen LogP contribution in [0.4, 0.5) is 0 Å². The highest BCUT2D eigenvalue weighted by atomic mass is 35.5. The number of rotatable bonds is 1. The molecule has 0 unspecified atom stereocenters. The van der Waals surface area contributed by atoms with Crippen LogP contribution in [0.5, 0.6) is 0 Å². The second-order valence-corrected chi connectivity index (χ2v) is 2.77. The van der Waals surface area contributed by atoms with E-state index in [1.165, 1.54) is 12.3 Å². The van der Waals surface area contributed by atoms with Gasteiger partial charge in [-0.25, -0.2) is 0 Å². The molecule has 0 aromatic carbocycles. The van der Waals surface area contributed by atoms with Gasteiger partial charge < -0.3 is 4.98 Å². The Hall–Kier alpha value is -1.18. The van der Waals surface area contributed by atoms with Crippen LogP contribution in [-0.2, 0) is 0 Å². The molecule has 12 heavy (non-hydrogen) atoms. The van der Waals surface area contributed by atoms with Gasteiger partial charge in [-0.05, 0) is 17.7 Å². The average molecular weight is 199 g/mol. The molecule has 0 saturated heterocycles. The molecular formula is C7H3ClN2OS. The summed E-state index contributed by atoms with van der Waals surface area (Å²) in [6.45, 7) is 0. The predicted octanol–water partition coefficient (Wildman–Crippen LogP) is 1.99. The average Bonchev–Trinajstić information content (AvgIpc) is 2.05. The van der Waals surface area contributed by atoms with Crippen LogP contribution in [0.2, 0.25) is 0 Å². The Morgan fingerprint density at radius 3 is 2.92 bits per heavy atom. The van der Waals surface area contributed by atoms with Crippen molar-refractivity contribution in [2.45, 2.75) is 0 Å². The molecule has 0 bridgehead atoms. The van der Waals surface area contributed by atoms with Crippen LogP contribution < -0.4 is 0 Å². The summed E-state index contributed by atoms with van der Waals surface area (Å²) in [6, 6.07) is 3.22. The van der Waals surface area contributed by atoms with Gasteiger partial charge in [0.1, 0.15) is 10.7 Å². The van der Waals surface area contributed by atoms with Gasteiger partial charge in [-0.2, -0.15) is 5.26 Å². The molecule has 1 heterocycles. The van der Waals surface area contributed by atoms with Gasteiger partial charge in [-0.1, -0.05) is 12.2 Å². The number of carbonyl (C=O) groups is 1. The van der Waals surface area contributed by atoms with E-state index in [0.717, 1.165) is 0 Å². The maximum atomic E-state index is 10.7. The van der Waals surface area contributed by atoms with Crippen molar-refractivity contribution in [3.8, 4) is 6.07 Å². The smallest absolute Gasteiger partial charge is 0.255 e. The molecule has 1 N–H and O–H groups in total. The first-order chi connectivity index (χ1) is 5.65. The van der Waals surface area contributed by atoms with Crippen molar-refractivity contribution in [2.75, 3.05) is 0 Å². The maximum Gasteiger partial charge on any atom is 0.255 e. The van der Waals surface area contributed by atoms with Gasteiger partial charge in [-0.15, -0.1) is 0 Å². The number of nitriles is 1. The summed E-state index contributed by atoms with van der Waals surface area (Å²) in [4.78, 5) is 13.3. The molecule has 0 radical (unpaired) electrons. The molecule has 0 fully saturated rings. The van der Waals surface area contributed by atoms with E-state index in [1.807, 2.05) is 6.07 Å². The molecule has 0 amide bonds. The van der Waals surface area contributed by atoms with Gasteiger partial charge in [0, 0.05) is 6.20 Å². The lowest BCUT2D eigenvalue weighted by molar-refractivity contribution is 0.108. The number of carbonyl (C=O) groups excluding carboxylic acids is 1. The molecule has 5 heteroatoms. The van der Waals surface area contributed by atoms with E-state index in [4.69, 9.17) is 29.1 Å². The Morgan fingerprint density at radius 2 is 2.42 bits per heavy atom.